The zero-order valence-electron chi connectivity index (χ0n) is 14.3. The molecule has 3 rings (SSSR count). The molecule has 1 amide bonds. The molecule has 1 aliphatic carbocycles. The van der Waals surface area contributed by atoms with Gasteiger partial charge in [0.1, 0.15) is 12.4 Å². The molecule has 0 spiro atoms. The van der Waals surface area contributed by atoms with Gasteiger partial charge in [-0.05, 0) is 44.9 Å². The summed E-state index contributed by atoms with van der Waals surface area (Å²) in [6.45, 7) is 5.23. The molecule has 1 aromatic carbocycles. The number of hydrogen-bond donors (Lipinski definition) is 0. The predicted octanol–water partition coefficient (Wildman–Crippen LogP) is 4.44. The molecule has 1 heterocycles. The van der Waals surface area contributed by atoms with E-state index < -0.39 is 0 Å². The monoisotopic (exact) mass is 344 g/mol. The van der Waals surface area contributed by atoms with E-state index in [1.807, 2.05) is 41.5 Å². The summed E-state index contributed by atoms with van der Waals surface area (Å²) in [6.07, 6.45) is 4.70. The van der Waals surface area contributed by atoms with Gasteiger partial charge in [0.15, 0.2) is 0 Å². The van der Waals surface area contributed by atoms with Crippen LogP contribution in [0.25, 0.3) is 0 Å². The summed E-state index contributed by atoms with van der Waals surface area (Å²) in [6, 6.07) is 7.89. The second-order valence-corrected chi connectivity index (χ2v) is 7.27. The van der Waals surface area contributed by atoms with Crippen molar-refractivity contribution in [3.8, 4) is 5.75 Å². The van der Waals surface area contributed by atoms with Gasteiger partial charge in [-0.25, -0.2) is 4.98 Å². The Morgan fingerprint density at radius 3 is 2.83 bits per heavy atom. The zero-order chi connectivity index (χ0) is 16.9. The molecule has 0 atom stereocenters. The number of aryl methyl sites for hydroxylation is 1. The zero-order valence-corrected chi connectivity index (χ0v) is 15.1. The first kappa shape index (κ1) is 17.0. The molecular weight excluding hydrogens is 320 g/mol. The molecule has 0 N–H and O–H groups in total. The third kappa shape index (κ3) is 3.96. The third-order valence-corrected chi connectivity index (χ3v) is 5.32. The average molecular weight is 344 g/mol. The molecule has 0 aliphatic heterocycles. The van der Waals surface area contributed by atoms with Crippen molar-refractivity contribution in [2.24, 2.45) is 0 Å². The van der Waals surface area contributed by atoms with Crippen molar-refractivity contribution >= 4 is 17.2 Å². The summed E-state index contributed by atoms with van der Waals surface area (Å²) in [4.78, 5) is 19.3. The van der Waals surface area contributed by atoms with Gasteiger partial charge in [0, 0.05) is 23.5 Å². The highest BCUT2D eigenvalue weighted by atomic mass is 32.1. The summed E-state index contributed by atoms with van der Waals surface area (Å²) in [5.74, 6) is 0.827. The fourth-order valence-electron chi connectivity index (χ4n) is 3.30. The van der Waals surface area contributed by atoms with Gasteiger partial charge in [0.2, 0.25) is 0 Å². The number of benzene rings is 1. The number of carbonyl (C=O) groups excluding carboxylic acids is 1. The van der Waals surface area contributed by atoms with Crippen molar-refractivity contribution in [3.05, 3.63) is 45.9 Å². The highest BCUT2D eigenvalue weighted by molar-refractivity contribution is 7.09. The minimum absolute atomic E-state index is 0.111. The van der Waals surface area contributed by atoms with Crippen molar-refractivity contribution in [1.82, 2.24) is 9.88 Å². The summed E-state index contributed by atoms with van der Waals surface area (Å²) in [5.41, 5.74) is 1.63. The fraction of sp³-hybridized carbons (Fsp3) is 0.474. The van der Waals surface area contributed by atoms with Crippen molar-refractivity contribution in [2.45, 2.75) is 52.2 Å². The number of carbonyl (C=O) groups is 1. The number of thiazole rings is 1. The van der Waals surface area contributed by atoms with Crippen LogP contribution in [-0.2, 0) is 6.61 Å². The summed E-state index contributed by atoms with van der Waals surface area (Å²) >= 11 is 1.62. The van der Waals surface area contributed by atoms with E-state index in [1.54, 1.807) is 11.3 Å². The Hall–Kier alpha value is -1.88. The maximum absolute atomic E-state index is 12.9. The summed E-state index contributed by atoms with van der Waals surface area (Å²) < 4.78 is 5.81. The Labute approximate surface area is 147 Å². The van der Waals surface area contributed by atoms with E-state index in [0.29, 0.717) is 24.0 Å². The fourth-order valence-corrected chi connectivity index (χ4v) is 3.90. The van der Waals surface area contributed by atoms with Crippen LogP contribution in [0.3, 0.4) is 0 Å². The summed E-state index contributed by atoms with van der Waals surface area (Å²) in [7, 11) is 0. The van der Waals surface area contributed by atoms with E-state index in [0.717, 1.165) is 30.1 Å². The molecule has 1 aliphatic rings. The van der Waals surface area contributed by atoms with Gasteiger partial charge in [-0.15, -0.1) is 11.3 Å². The number of hydrogen-bond acceptors (Lipinski definition) is 4. The maximum Gasteiger partial charge on any atom is 0.254 e. The number of rotatable bonds is 6. The van der Waals surface area contributed by atoms with Crippen LogP contribution >= 0.6 is 11.3 Å². The van der Waals surface area contributed by atoms with Crippen LogP contribution in [0.4, 0.5) is 0 Å². The van der Waals surface area contributed by atoms with Gasteiger partial charge in [-0.2, -0.15) is 0 Å². The third-order valence-electron chi connectivity index (χ3n) is 4.50. The van der Waals surface area contributed by atoms with Crippen molar-refractivity contribution in [1.29, 1.82) is 0 Å². The molecule has 5 heteroatoms. The van der Waals surface area contributed by atoms with Crippen LogP contribution in [0, 0.1) is 6.92 Å². The SMILES string of the molecule is CCN(C(=O)c1cccc(OCc2csc(C)n2)c1)C1CCCC1. The molecule has 0 radical (unpaired) electrons. The second-order valence-electron chi connectivity index (χ2n) is 6.20. The van der Waals surface area contributed by atoms with Crippen LogP contribution in [0.1, 0.15) is 53.7 Å². The minimum Gasteiger partial charge on any atom is -0.487 e. The van der Waals surface area contributed by atoms with E-state index in [2.05, 4.69) is 11.9 Å². The smallest absolute Gasteiger partial charge is 0.254 e. The standard InChI is InChI=1S/C19H24N2O2S/c1-3-21(17-8-4-5-9-17)19(22)15-7-6-10-18(11-15)23-12-16-13-24-14(2)20-16/h6-7,10-11,13,17H,3-5,8-9,12H2,1-2H3. The van der Waals surface area contributed by atoms with E-state index >= 15 is 0 Å². The lowest BCUT2D eigenvalue weighted by atomic mass is 10.1. The largest absolute Gasteiger partial charge is 0.487 e. The molecule has 0 unspecified atom stereocenters. The van der Waals surface area contributed by atoms with Gasteiger partial charge in [-0.3, -0.25) is 4.79 Å². The molecule has 1 saturated carbocycles. The first-order valence-electron chi connectivity index (χ1n) is 8.62. The predicted molar refractivity (Wildman–Crippen MR) is 96.6 cm³/mol. The molecule has 24 heavy (non-hydrogen) atoms. The van der Waals surface area contributed by atoms with Crippen LogP contribution in [-0.4, -0.2) is 28.4 Å². The minimum atomic E-state index is 0.111. The lowest BCUT2D eigenvalue weighted by Crippen LogP contribution is -2.38. The van der Waals surface area contributed by atoms with Crippen LogP contribution in [0.5, 0.6) is 5.75 Å². The lowest BCUT2D eigenvalue weighted by molar-refractivity contribution is 0.0693. The Balaban J connectivity index is 1.68. The Morgan fingerprint density at radius 1 is 1.38 bits per heavy atom. The molecule has 1 fully saturated rings. The summed E-state index contributed by atoms with van der Waals surface area (Å²) in [5, 5.41) is 3.04. The number of amides is 1. The molecule has 0 saturated heterocycles. The normalized spacial score (nSPS) is 14.8. The van der Waals surface area contributed by atoms with E-state index in [-0.39, 0.29) is 5.91 Å². The van der Waals surface area contributed by atoms with Gasteiger partial charge in [0.05, 0.1) is 10.7 Å². The molecule has 128 valence electrons. The first-order valence-corrected chi connectivity index (χ1v) is 9.50. The quantitative estimate of drug-likeness (QED) is 0.778. The maximum atomic E-state index is 12.9. The van der Waals surface area contributed by atoms with Crippen molar-refractivity contribution < 1.29 is 9.53 Å². The number of nitrogens with zero attached hydrogens (tertiary/aromatic N) is 2. The van der Waals surface area contributed by atoms with Crippen LogP contribution < -0.4 is 4.74 Å². The topological polar surface area (TPSA) is 42.4 Å². The Bertz CT molecular complexity index is 692. The Kier molecular flexibility index (Phi) is 5.51. The van der Waals surface area contributed by atoms with Crippen molar-refractivity contribution in [3.63, 3.8) is 0 Å². The highest BCUT2D eigenvalue weighted by Gasteiger charge is 2.26. The van der Waals surface area contributed by atoms with E-state index in [9.17, 15) is 4.79 Å². The molecule has 0 bridgehead atoms. The van der Waals surface area contributed by atoms with Crippen LogP contribution in [0.15, 0.2) is 29.6 Å². The lowest BCUT2D eigenvalue weighted by Gasteiger charge is -2.27. The Morgan fingerprint density at radius 2 is 2.17 bits per heavy atom. The highest BCUT2D eigenvalue weighted by Crippen LogP contribution is 2.25. The van der Waals surface area contributed by atoms with E-state index in [4.69, 9.17) is 4.74 Å². The first-order chi connectivity index (χ1) is 11.7. The van der Waals surface area contributed by atoms with Crippen molar-refractivity contribution in [2.75, 3.05) is 6.54 Å². The van der Waals surface area contributed by atoms with Gasteiger partial charge in [0.25, 0.3) is 5.91 Å². The molecular formula is C19H24N2O2S. The molecule has 1 aromatic heterocycles. The van der Waals surface area contributed by atoms with E-state index in [1.165, 1.54) is 12.8 Å². The van der Waals surface area contributed by atoms with Gasteiger partial charge >= 0.3 is 0 Å². The van der Waals surface area contributed by atoms with Gasteiger partial charge < -0.3 is 9.64 Å². The number of ether oxygens (including phenoxy) is 1. The second kappa shape index (κ2) is 7.79. The number of aromatic nitrogens is 1. The average Bonchev–Trinajstić information content (AvgIpc) is 3.26. The molecule has 4 nitrogen and oxygen atoms in total. The van der Waals surface area contributed by atoms with Gasteiger partial charge in [-0.1, -0.05) is 18.9 Å². The molecule has 2 aromatic rings. The van der Waals surface area contributed by atoms with Crippen LogP contribution in [0.2, 0.25) is 0 Å².